The van der Waals surface area contributed by atoms with E-state index in [0.717, 1.165) is 22.1 Å². The first-order chi connectivity index (χ1) is 10.1. The smallest absolute Gasteiger partial charge is 0.224 e. The largest absolute Gasteiger partial charge is 0.497 e. The van der Waals surface area contributed by atoms with E-state index in [9.17, 15) is 9.00 Å². The molecule has 2 aromatic rings. The van der Waals surface area contributed by atoms with Crippen LogP contribution in [0.4, 0.5) is 0 Å². The Morgan fingerprint density at radius 2 is 2.10 bits per heavy atom. The normalized spacial score (nSPS) is 12.1. The van der Waals surface area contributed by atoms with Crippen molar-refractivity contribution in [2.24, 2.45) is 0 Å². The molecule has 112 valence electrons. The van der Waals surface area contributed by atoms with E-state index in [4.69, 9.17) is 4.74 Å². The lowest BCUT2D eigenvalue weighted by Gasteiger charge is -2.09. The summed E-state index contributed by atoms with van der Waals surface area (Å²) < 4.78 is 16.2. The maximum Gasteiger partial charge on any atom is 0.224 e. The van der Waals surface area contributed by atoms with Gasteiger partial charge in [0.05, 0.1) is 13.5 Å². The zero-order valence-electron chi connectivity index (χ0n) is 12.2. The first kappa shape index (κ1) is 15.5. The van der Waals surface area contributed by atoms with Crippen molar-refractivity contribution < 1.29 is 13.7 Å². The molecule has 0 radical (unpaired) electrons. The van der Waals surface area contributed by atoms with E-state index in [1.54, 1.807) is 13.4 Å². The minimum atomic E-state index is -0.886. The fourth-order valence-corrected chi connectivity index (χ4v) is 2.56. The number of fused-ring (bicyclic) bond motifs is 1. The number of amides is 1. The molecular formula is C16H19NO3S. The van der Waals surface area contributed by atoms with Gasteiger partial charge in [0.15, 0.2) is 0 Å². The van der Waals surface area contributed by atoms with Gasteiger partial charge < -0.3 is 10.1 Å². The Bertz CT molecular complexity index is 670. The predicted molar refractivity (Wildman–Crippen MR) is 86.1 cm³/mol. The van der Waals surface area contributed by atoms with E-state index in [2.05, 4.69) is 5.32 Å². The zero-order valence-corrected chi connectivity index (χ0v) is 13.0. The lowest BCUT2D eigenvalue weighted by Crippen LogP contribution is -2.28. The molecule has 0 unspecified atom stereocenters. The van der Waals surface area contributed by atoms with E-state index in [0.29, 0.717) is 18.7 Å². The van der Waals surface area contributed by atoms with Crippen molar-refractivity contribution in [1.82, 2.24) is 5.32 Å². The fourth-order valence-electron chi connectivity index (χ4n) is 2.17. The number of rotatable bonds is 6. The molecule has 1 N–H and O–H groups in total. The zero-order chi connectivity index (χ0) is 15.2. The van der Waals surface area contributed by atoms with Crippen LogP contribution in [-0.2, 0) is 22.0 Å². The van der Waals surface area contributed by atoms with E-state index in [-0.39, 0.29) is 5.91 Å². The Balaban J connectivity index is 2.14. The highest BCUT2D eigenvalue weighted by Crippen LogP contribution is 2.24. The van der Waals surface area contributed by atoms with Crippen LogP contribution >= 0.6 is 0 Å². The third-order valence-corrected chi connectivity index (χ3v) is 4.02. The van der Waals surface area contributed by atoms with Crippen LogP contribution in [0.15, 0.2) is 36.4 Å². The minimum absolute atomic E-state index is 0.0595. The van der Waals surface area contributed by atoms with Crippen LogP contribution in [0.2, 0.25) is 0 Å². The van der Waals surface area contributed by atoms with Crippen LogP contribution in [0.1, 0.15) is 5.56 Å². The Kier molecular flexibility index (Phi) is 5.33. The third-order valence-electron chi connectivity index (χ3n) is 3.24. The Morgan fingerprint density at radius 3 is 2.81 bits per heavy atom. The maximum atomic E-state index is 12.0. The summed E-state index contributed by atoms with van der Waals surface area (Å²) >= 11 is 0. The monoisotopic (exact) mass is 305 g/mol. The van der Waals surface area contributed by atoms with E-state index < -0.39 is 10.8 Å². The van der Waals surface area contributed by atoms with Gasteiger partial charge in [0.1, 0.15) is 5.75 Å². The topological polar surface area (TPSA) is 55.4 Å². The number of hydrogen-bond acceptors (Lipinski definition) is 3. The standard InChI is InChI=1S/C16H19NO3S/c1-20-14-7-6-12-4-3-5-13(15(12)11-14)10-16(18)17-8-9-21(2)19/h3-7,11H,8-10H2,1-2H3,(H,17,18)/t21-/m0/s1. The average Bonchev–Trinajstić information content (AvgIpc) is 2.46. The van der Waals surface area contributed by atoms with Crippen molar-refractivity contribution in [3.8, 4) is 5.75 Å². The highest BCUT2D eigenvalue weighted by atomic mass is 32.2. The molecule has 2 rings (SSSR count). The molecule has 0 saturated carbocycles. The number of benzene rings is 2. The van der Waals surface area contributed by atoms with Gasteiger partial charge in [-0.1, -0.05) is 24.3 Å². The molecule has 1 atom stereocenters. The molecule has 0 aliphatic rings. The summed E-state index contributed by atoms with van der Waals surface area (Å²) in [6, 6.07) is 11.7. The van der Waals surface area contributed by atoms with Gasteiger partial charge in [-0.2, -0.15) is 0 Å². The van der Waals surface area contributed by atoms with Gasteiger partial charge in [0.25, 0.3) is 0 Å². The number of ether oxygens (including phenoxy) is 1. The van der Waals surface area contributed by atoms with E-state index in [1.807, 2.05) is 36.4 Å². The number of carbonyl (C=O) groups is 1. The quantitative estimate of drug-likeness (QED) is 0.886. The molecule has 0 saturated heterocycles. The summed E-state index contributed by atoms with van der Waals surface area (Å²) in [4.78, 5) is 12.0. The first-order valence-corrected chi connectivity index (χ1v) is 8.45. The highest BCUT2D eigenvalue weighted by Gasteiger charge is 2.08. The molecule has 1 amide bonds. The summed E-state index contributed by atoms with van der Waals surface area (Å²) in [6.07, 6.45) is 1.93. The van der Waals surface area contributed by atoms with Gasteiger partial charge in [-0.3, -0.25) is 9.00 Å². The molecule has 0 fully saturated rings. The highest BCUT2D eigenvalue weighted by molar-refractivity contribution is 7.84. The van der Waals surface area contributed by atoms with Gasteiger partial charge >= 0.3 is 0 Å². The van der Waals surface area contributed by atoms with Gasteiger partial charge in [-0.05, 0) is 28.5 Å². The minimum Gasteiger partial charge on any atom is -0.497 e. The molecule has 0 heterocycles. The molecule has 0 aliphatic carbocycles. The average molecular weight is 305 g/mol. The van der Waals surface area contributed by atoms with Crippen molar-refractivity contribution in [1.29, 1.82) is 0 Å². The number of methoxy groups -OCH3 is 1. The Hall–Kier alpha value is -1.88. The van der Waals surface area contributed by atoms with Crippen molar-refractivity contribution in [3.05, 3.63) is 42.0 Å². The summed E-state index contributed by atoms with van der Waals surface area (Å²) in [5.74, 6) is 1.20. The molecular weight excluding hydrogens is 286 g/mol. The van der Waals surface area contributed by atoms with Crippen LogP contribution in [-0.4, -0.2) is 35.8 Å². The molecule has 0 spiro atoms. The molecule has 0 aliphatic heterocycles. The SMILES string of the molecule is COc1ccc2cccc(CC(=O)NCC[S@](C)=O)c2c1. The van der Waals surface area contributed by atoms with Crippen molar-refractivity contribution in [3.63, 3.8) is 0 Å². The van der Waals surface area contributed by atoms with Crippen molar-refractivity contribution in [2.75, 3.05) is 25.7 Å². The molecule has 0 bridgehead atoms. The van der Waals surface area contributed by atoms with Gasteiger partial charge in [-0.15, -0.1) is 0 Å². The second-order valence-corrected chi connectivity index (χ2v) is 6.36. The summed E-state index contributed by atoms with van der Waals surface area (Å²) in [5, 5.41) is 4.89. The van der Waals surface area contributed by atoms with E-state index >= 15 is 0 Å². The lowest BCUT2D eigenvalue weighted by atomic mass is 10.0. The third kappa shape index (κ3) is 4.29. The van der Waals surface area contributed by atoms with Gasteiger partial charge in [0.2, 0.25) is 5.91 Å². The van der Waals surface area contributed by atoms with Crippen LogP contribution in [0.5, 0.6) is 5.75 Å². The summed E-state index contributed by atoms with van der Waals surface area (Å²) in [5.41, 5.74) is 0.960. The van der Waals surface area contributed by atoms with Crippen LogP contribution in [0.25, 0.3) is 10.8 Å². The molecule has 4 nitrogen and oxygen atoms in total. The maximum absolute atomic E-state index is 12.0. The summed E-state index contributed by atoms with van der Waals surface area (Å²) in [6.45, 7) is 0.441. The molecule has 0 aromatic heterocycles. The number of nitrogens with one attached hydrogen (secondary N) is 1. The first-order valence-electron chi connectivity index (χ1n) is 6.72. The number of hydrogen-bond donors (Lipinski definition) is 1. The Morgan fingerprint density at radius 1 is 1.29 bits per heavy atom. The van der Waals surface area contributed by atoms with Gasteiger partial charge in [-0.25, -0.2) is 0 Å². The summed E-state index contributed by atoms with van der Waals surface area (Å²) in [7, 11) is 0.740. The van der Waals surface area contributed by atoms with Gasteiger partial charge in [0, 0.05) is 29.4 Å². The molecule has 2 aromatic carbocycles. The van der Waals surface area contributed by atoms with Crippen molar-refractivity contribution >= 4 is 27.5 Å². The predicted octanol–water partition coefficient (Wildman–Crippen LogP) is 1.89. The second-order valence-electron chi connectivity index (χ2n) is 4.81. The number of carbonyl (C=O) groups excluding carboxylic acids is 1. The van der Waals surface area contributed by atoms with Crippen LogP contribution in [0, 0.1) is 0 Å². The van der Waals surface area contributed by atoms with Crippen LogP contribution in [0.3, 0.4) is 0 Å². The van der Waals surface area contributed by atoms with Crippen molar-refractivity contribution in [2.45, 2.75) is 6.42 Å². The molecule has 5 heteroatoms. The van der Waals surface area contributed by atoms with E-state index in [1.165, 1.54) is 0 Å². The van der Waals surface area contributed by atoms with Crippen LogP contribution < -0.4 is 10.1 Å². The lowest BCUT2D eigenvalue weighted by molar-refractivity contribution is -0.120. The fraction of sp³-hybridized carbons (Fsp3) is 0.312. The molecule has 21 heavy (non-hydrogen) atoms. The second kappa shape index (κ2) is 7.22. The Labute approximate surface area is 127 Å².